The summed E-state index contributed by atoms with van der Waals surface area (Å²) in [5.41, 5.74) is 2.44. The van der Waals surface area contributed by atoms with Gasteiger partial charge in [0.2, 0.25) is 0 Å². The molecule has 2 rings (SSSR count). The minimum atomic E-state index is -3.87. The van der Waals surface area contributed by atoms with Crippen LogP contribution < -0.4 is 10.1 Å². The monoisotopic (exact) mass is 363 g/mol. The predicted molar refractivity (Wildman–Crippen MR) is 99.9 cm³/mol. The van der Waals surface area contributed by atoms with Gasteiger partial charge in [0.05, 0.1) is 12.8 Å². The molecular weight excluding hydrogens is 337 g/mol. The Morgan fingerprint density at radius 3 is 2.32 bits per heavy atom. The van der Waals surface area contributed by atoms with Crippen molar-refractivity contribution in [2.24, 2.45) is 0 Å². The number of aryl methyl sites for hydroxylation is 1. The van der Waals surface area contributed by atoms with Crippen LogP contribution in [0.1, 0.15) is 24.0 Å². The fourth-order valence-corrected chi connectivity index (χ4v) is 3.03. The third-order valence-electron chi connectivity index (χ3n) is 3.78. The van der Waals surface area contributed by atoms with Gasteiger partial charge in [-0.15, -0.1) is 0 Å². The number of nitrogens with one attached hydrogen (secondary N) is 1. The second-order valence-electron chi connectivity index (χ2n) is 6.00. The van der Waals surface area contributed by atoms with Crippen molar-refractivity contribution in [2.75, 3.05) is 19.3 Å². The normalized spacial score (nSPS) is 11.4. The number of hydrogen-bond donors (Lipinski definition) is 3. The van der Waals surface area contributed by atoms with E-state index in [4.69, 9.17) is 14.5 Å². The van der Waals surface area contributed by atoms with E-state index < -0.39 is 7.60 Å². The summed E-state index contributed by atoms with van der Waals surface area (Å²) < 4.78 is 16.5. The summed E-state index contributed by atoms with van der Waals surface area (Å²) in [7, 11) is -3.87. The Bertz CT molecular complexity index is 655. The van der Waals surface area contributed by atoms with E-state index in [0.717, 1.165) is 24.2 Å². The average Bonchev–Trinajstić information content (AvgIpc) is 2.59. The Morgan fingerprint density at radius 1 is 0.920 bits per heavy atom. The number of ether oxygens (including phenoxy) is 1. The molecule has 2 aromatic rings. The Kier molecular flexibility index (Phi) is 8.16. The molecule has 0 saturated heterocycles. The van der Waals surface area contributed by atoms with Crippen molar-refractivity contribution in [3.63, 3.8) is 0 Å². The van der Waals surface area contributed by atoms with Gasteiger partial charge >= 0.3 is 7.60 Å². The summed E-state index contributed by atoms with van der Waals surface area (Å²) in [5.74, 6) is 0.860. The molecule has 0 aliphatic carbocycles. The van der Waals surface area contributed by atoms with Crippen molar-refractivity contribution in [1.29, 1.82) is 0 Å². The fourth-order valence-electron chi connectivity index (χ4n) is 2.46. The third-order valence-corrected chi connectivity index (χ3v) is 4.68. The molecule has 0 radical (unpaired) electrons. The maximum Gasteiger partial charge on any atom is 0.325 e. The molecular formula is C19H26NO4P. The lowest BCUT2D eigenvalue weighted by molar-refractivity contribution is 0.311. The number of rotatable bonds is 11. The van der Waals surface area contributed by atoms with Crippen LogP contribution in [0.25, 0.3) is 0 Å². The van der Waals surface area contributed by atoms with Gasteiger partial charge in [0.25, 0.3) is 0 Å². The summed E-state index contributed by atoms with van der Waals surface area (Å²) in [6.07, 6.45) is 2.38. The van der Waals surface area contributed by atoms with Crippen molar-refractivity contribution in [1.82, 2.24) is 5.32 Å². The van der Waals surface area contributed by atoms with E-state index in [1.165, 1.54) is 5.56 Å². The highest BCUT2D eigenvalue weighted by atomic mass is 31.2. The van der Waals surface area contributed by atoms with E-state index in [-0.39, 0.29) is 6.16 Å². The van der Waals surface area contributed by atoms with Crippen LogP contribution in [0.15, 0.2) is 54.6 Å². The van der Waals surface area contributed by atoms with Gasteiger partial charge in [-0.2, -0.15) is 0 Å². The van der Waals surface area contributed by atoms with Crippen LogP contribution in [0.3, 0.4) is 0 Å². The molecule has 0 unspecified atom stereocenters. The molecule has 25 heavy (non-hydrogen) atoms. The second kappa shape index (κ2) is 10.4. The average molecular weight is 363 g/mol. The Hall–Kier alpha value is -1.65. The summed E-state index contributed by atoms with van der Waals surface area (Å²) in [4.78, 5) is 17.6. The van der Waals surface area contributed by atoms with E-state index in [2.05, 4.69) is 29.6 Å². The first kappa shape index (κ1) is 19.7. The van der Waals surface area contributed by atoms with E-state index in [1.807, 2.05) is 30.3 Å². The highest BCUT2D eigenvalue weighted by Crippen LogP contribution is 2.34. The van der Waals surface area contributed by atoms with Crippen molar-refractivity contribution in [2.45, 2.75) is 25.8 Å². The molecule has 0 atom stereocenters. The predicted octanol–water partition coefficient (Wildman–Crippen LogP) is 3.36. The summed E-state index contributed by atoms with van der Waals surface area (Å²) in [6.45, 7) is 1.95. The highest BCUT2D eigenvalue weighted by molar-refractivity contribution is 7.51. The molecule has 0 aromatic heterocycles. The first-order valence-corrected chi connectivity index (χ1v) is 10.3. The van der Waals surface area contributed by atoms with Crippen molar-refractivity contribution in [3.05, 3.63) is 65.7 Å². The molecule has 3 N–H and O–H groups in total. The van der Waals surface area contributed by atoms with Crippen LogP contribution in [-0.4, -0.2) is 29.1 Å². The van der Waals surface area contributed by atoms with Gasteiger partial charge in [-0.1, -0.05) is 42.5 Å². The van der Waals surface area contributed by atoms with Gasteiger partial charge in [0, 0.05) is 6.54 Å². The molecule has 0 aliphatic rings. The van der Waals surface area contributed by atoms with Crippen LogP contribution in [0, 0.1) is 0 Å². The number of hydrogen-bond acceptors (Lipinski definition) is 3. The van der Waals surface area contributed by atoms with Gasteiger partial charge in [-0.25, -0.2) is 0 Å². The van der Waals surface area contributed by atoms with Gasteiger partial charge in [-0.3, -0.25) is 4.57 Å². The fraction of sp³-hybridized carbons (Fsp3) is 0.368. The molecule has 0 saturated carbocycles. The first-order chi connectivity index (χ1) is 12.0. The van der Waals surface area contributed by atoms with Crippen LogP contribution in [-0.2, 0) is 17.5 Å². The van der Waals surface area contributed by atoms with Crippen LogP contribution >= 0.6 is 7.60 Å². The Balaban J connectivity index is 1.60. The zero-order valence-corrected chi connectivity index (χ0v) is 15.2. The van der Waals surface area contributed by atoms with E-state index in [9.17, 15) is 4.57 Å². The molecule has 0 aliphatic heterocycles. The van der Waals surface area contributed by atoms with Gasteiger partial charge < -0.3 is 19.8 Å². The highest BCUT2D eigenvalue weighted by Gasteiger charge is 2.10. The maximum absolute atomic E-state index is 10.7. The standard InChI is InChI=1S/C19H26NO4P/c21-25(22,23)15-5-13-20-16-18-9-11-19(12-10-18)24-14-4-8-17-6-2-1-3-7-17/h1-3,6-7,9-12,20H,4-5,8,13-16H2,(H2,21,22,23). The van der Waals surface area contributed by atoms with Gasteiger partial charge in [-0.05, 0) is 49.1 Å². The van der Waals surface area contributed by atoms with E-state index in [1.54, 1.807) is 0 Å². The van der Waals surface area contributed by atoms with Gasteiger partial charge in [0.1, 0.15) is 5.75 Å². The SMILES string of the molecule is O=P(O)(O)CCCNCc1ccc(OCCCc2ccccc2)cc1. The zero-order valence-electron chi connectivity index (χ0n) is 14.3. The third kappa shape index (κ3) is 8.84. The van der Waals surface area contributed by atoms with E-state index in [0.29, 0.717) is 26.1 Å². The number of benzene rings is 2. The Morgan fingerprint density at radius 2 is 1.64 bits per heavy atom. The molecule has 5 nitrogen and oxygen atoms in total. The summed E-state index contributed by atoms with van der Waals surface area (Å²) in [6, 6.07) is 18.3. The minimum absolute atomic E-state index is 0.0737. The zero-order chi connectivity index (χ0) is 18.0. The molecule has 2 aromatic carbocycles. The minimum Gasteiger partial charge on any atom is -0.494 e. The molecule has 0 fully saturated rings. The molecule has 0 heterocycles. The smallest absolute Gasteiger partial charge is 0.325 e. The van der Waals surface area contributed by atoms with Crippen LogP contribution in [0.5, 0.6) is 5.75 Å². The van der Waals surface area contributed by atoms with Crippen molar-refractivity contribution in [3.8, 4) is 5.75 Å². The topological polar surface area (TPSA) is 78.8 Å². The van der Waals surface area contributed by atoms with Crippen LogP contribution in [0.2, 0.25) is 0 Å². The molecule has 0 amide bonds. The lowest BCUT2D eigenvalue weighted by Gasteiger charge is -2.09. The molecule has 136 valence electrons. The molecule has 0 bridgehead atoms. The largest absolute Gasteiger partial charge is 0.494 e. The lowest BCUT2D eigenvalue weighted by atomic mass is 10.1. The first-order valence-electron chi connectivity index (χ1n) is 8.54. The van der Waals surface area contributed by atoms with Crippen molar-refractivity contribution < 1.29 is 19.1 Å². The van der Waals surface area contributed by atoms with Crippen LogP contribution in [0.4, 0.5) is 0 Å². The van der Waals surface area contributed by atoms with Crippen molar-refractivity contribution >= 4 is 7.60 Å². The lowest BCUT2D eigenvalue weighted by Crippen LogP contribution is -2.15. The van der Waals surface area contributed by atoms with Gasteiger partial charge in [0.15, 0.2) is 0 Å². The molecule has 0 spiro atoms. The maximum atomic E-state index is 10.7. The Labute approximate surface area is 149 Å². The summed E-state index contributed by atoms with van der Waals surface area (Å²) >= 11 is 0. The molecule has 6 heteroatoms. The quantitative estimate of drug-likeness (QED) is 0.421. The van der Waals surface area contributed by atoms with E-state index >= 15 is 0 Å². The summed E-state index contributed by atoms with van der Waals surface area (Å²) in [5, 5.41) is 3.18. The second-order valence-corrected chi connectivity index (χ2v) is 7.78.